The maximum Gasteiger partial charge on any atom is 0.319 e. The first-order valence-electron chi connectivity index (χ1n) is 33.2. The van der Waals surface area contributed by atoms with Crippen LogP contribution in [0.25, 0.3) is 0 Å². The molecule has 8 aliphatic rings. The van der Waals surface area contributed by atoms with Crippen LogP contribution in [-0.4, -0.2) is 94.9 Å². The van der Waals surface area contributed by atoms with Gasteiger partial charge in [-0.05, 0) is 263 Å². The van der Waals surface area contributed by atoms with Gasteiger partial charge in [-0.1, -0.05) is 65.8 Å². The average molecular weight is 1150 g/mol. The molecule has 83 heavy (non-hydrogen) atoms. The predicted octanol–water partition coefficient (Wildman–Crippen LogP) is 11.3. The third-order valence-electron chi connectivity index (χ3n) is 25.4. The van der Waals surface area contributed by atoms with Gasteiger partial charge in [0.2, 0.25) is 11.8 Å². The van der Waals surface area contributed by atoms with Crippen molar-refractivity contribution in [3.63, 3.8) is 0 Å². The number of benzene rings is 2. The minimum absolute atomic E-state index is 0.0381. The SMILES string of the molecule is C[C@H](CCC(=O)NCCCNC(=O)Nc1ccc(Cc2ccc(NC(=O)NCCCNC(=O)CC[C@@H](C)[C@H]3CC[C@H]4[C@@H]5CC[C@@H]6C[C@H](O)CC[C@]6(C)[C@H]5C[C@H](O)[C@]34C)cc2)cc1)[C@H]1CC[C@H]2[C@@H]3CC[C@@H]4C[C@H](O)CC[C@]4(C)[C@H]3C[C@H](O)[C@]12C. The number of rotatable bonds is 20. The monoisotopic (exact) mass is 1150 g/mol. The van der Waals surface area contributed by atoms with Crippen LogP contribution in [0.15, 0.2) is 48.5 Å². The van der Waals surface area contributed by atoms with Crippen molar-refractivity contribution in [1.82, 2.24) is 21.3 Å². The molecule has 14 heteroatoms. The van der Waals surface area contributed by atoms with Crippen LogP contribution in [0.4, 0.5) is 21.0 Å². The van der Waals surface area contributed by atoms with Gasteiger partial charge < -0.3 is 52.3 Å². The van der Waals surface area contributed by atoms with E-state index in [0.717, 1.165) is 88.2 Å². The standard InChI is InChI=1S/C69H106N6O8/c1-42(54-23-25-56-52-21-15-46-38-50(76)29-31-66(46,3)58(52)40-60(78)68(54,56)5)9-27-62(80)70-33-7-35-72-64(82)74-48-17-11-44(12-18-48)37-45-13-19-49(20-14-45)75-65(83)73-36-8-34-71-63(81)28-10-43(2)55-24-26-57-53-22-16-47-39-51(77)30-32-67(47,4)59(53)41-61(79)69(55,57)6/h11-14,17-20,42-43,46-47,50-61,76-79H,7-10,15-16,21-41H2,1-6H3,(H,70,80)(H,71,81)(H2,72,74,82)(H2,73,75,83)/t42-,43-,46-,47-,50-,51-,52+,53+,54-,55-,56+,57+,58+,59+,60+,61+,66+,67+,68-,69-/m1/s1. The number of carbonyl (C=O) groups excluding carboxylic acids is 4. The van der Waals surface area contributed by atoms with Crippen molar-refractivity contribution in [2.75, 3.05) is 36.8 Å². The third-order valence-corrected chi connectivity index (χ3v) is 25.4. The average Bonchev–Trinajstić information content (AvgIpc) is 2.86. The predicted molar refractivity (Wildman–Crippen MR) is 327 cm³/mol. The van der Waals surface area contributed by atoms with Gasteiger partial charge >= 0.3 is 12.1 Å². The second kappa shape index (κ2) is 26.0. The molecule has 10 rings (SSSR count). The van der Waals surface area contributed by atoms with E-state index in [2.05, 4.69) is 73.4 Å². The molecule has 14 nitrogen and oxygen atoms in total. The summed E-state index contributed by atoms with van der Waals surface area (Å²) < 4.78 is 0. The highest BCUT2D eigenvalue weighted by Gasteiger charge is 2.65. The molecular formula is C69H106N6O8. The third kappa shape index (κ3) is 12.9. The van der Waals surface area contributed by atoms with E-state index in [0.29, 0.717) is 141 Å². The highest BCUT2D eigenvalue weighted by molar-refractivity contribution is 5.89. The molecule has 0 unspecified atom stereocenters. The van der Waals surface area contributed by atoms with Gasteiger partial charge in [-0.2, -0.15) is 0 Å². The van der Waals surface area contributed by atoms with Crippen LogP contribution in [0.1, 0.15) is 194 Å². The van der Waals surface area contributed by atoms with Gasteiger partial charge in [0.25, 0.3) is 0 Å². The Morgan fingerprint density at radius 1 is 0.482 bits per heavy atom. The zero-order valence-electron chi connectivity index (χ0n) is 51.4. The lowest BCUT2D eigenvalue weighted by molar-refractivity contribution is -0.175. The van der Waals surface area contributed by atoms with E-state index < -0.39 is 0 Å². The van der Waals surface area contributed by atoms with Crippen molar-refractivity contribution < 1.29 is 39.6 Å². The summed E-state index contributed by atoms with van der Waals surface area (Å²) >= 11 is 0. The molecule has 0 aromatic heterocycles. The van der Waals surface area contributed by atoms with Gasteiger partial charge in [0.1, 0.15) is 0 Å². The fourth-order valence-corrected chi connectivity index (χ4v) is 20.7. The summed E-state index contributed by atoms with van der Waals surface area (Å²) in [6.45, 7) is 16.1. The number of carbonyl (C=O) groups is 4. The minimum atomic E-state index is -0.321. The number of hydrogen-bond donors (Lipinski definition) is 10. The van der Waals surface area contributed by atoms with Crippen LogP contribution in [-0.2, 0) is 16.0 Å². The molecule has 0 saturated heterocycles. The second-order valence-corrected chi connectivity index (χ2v) is 29.5. The molecule has 10 N–H and O–H groups in total. The van der Waals surface area contributed by atoms with Crippen LogP contribution < -0.4 is 31.9 Å². The van der Waals surface area contributed by atoms with E-state index in [1.807, 2.05) is 48.5 Å². The summed E-state index contributed by atoms with van der Waals surface area (Å²) in [7, 11) is 0. The van der Waals surface area contributed by atoms with Gasteiger partial charge in [0.15, 0.2) is 0 Å². The van der Waals surface area contributed by atoms with Crippen molar-refractivity contribution in [1.29, 1.82) is 0 Å². The Balaban J connectivity index is 0.555. The number of nitrogens with one attached hydrogen (secondary N) is 6. The lowest BCUT2D eigenvalue weighted by Gasteiger charge is -2.62. The van der Waals surface area contributed by atoms with Crippen molar-refractivity contribution in [3.05, 3.63) is 59.7 Å². The van der Waals surface area contributed by atoms with Crippen LogP contribution in [0.2, 0.25) is 0 Å². The van der Waals surface area contributed by atoms with Gasteiger partial charge in [-0.15, -0.1) is 0 Å². The van der Waals surface area contributed by atoms with Gasteiger partial charge in [-0.25, -0.2) is 9.59 Å². The first kappa shape index (κ1) is 61.8. The molecule has 0 aliphatic heterocycles. The topological polar surface area (TPSA) is 221 Å². The summed E-state index contributed by atoms with van der Waals surface area (Å²) in [6, 6.07) is 14.9. The van der Waals surface area contributed by atoms with Crippen LogP contribution >= 0.6 is 0 Å². The summed E-state index contributed by atoms with van der Waals surface area (Å²) in [5.41, 5.74) is 3.75. The highest BCUT2D eigenvalue weighted by Crippen LogP contribution is 2.70. The van der Waals surface area contributed by atoms with Gasteiger partial charge in [-0.3, -0.25) is 9.59 Å². The molecular weight excluding hydrogens is 1040 g/mol. The van der Waals surface area contributed by atoms with Gasteiger partial charge in [0.05, 0.1) is 24.4 Å². The Morgan fingerprint density at radius 3 is 1.27 bits per heavy atom. The first-order chi connectivity index (χ1) is 39.7. The maximum absolute atomic E-state index is 13.0. The van der Waals surface area contributed by atoms with E-state index in [1.165, 1.54) is 38.5 Å². The van der Waals surface area contributed by atoms with E-state index in [4.69, 9.17) is 0 Å². The van der Waals surface area contributed by atoms with E-state index in [9.17, 15) is 39.6 Å². The highest BCUT2D eigenvalue weighted by atomic mass is 16.3. The Labute approximate surface area is 496 Å². The molecule has 2 aromatic rings. The van der Waals surface area contributed by atoms with Crippen LogP contribution in [0, 0.1) is 92.7 Å². The summed E-state index contributed by atoms with van der Waals surface area (Å²) in [6.07, 6.45) is 20.5. The molecule has 0 radical (unpaired) electrons. The first-order valence-corrected chi connectivity index (χ1v) is 33.2. The Kier molecular flexibility index (Phi) is 19.4. The molecule has 460 valence electrons. The number of amides is 6. The minimum Gasteiger partial charge on any atom is -0.393 e. The lowest BCUT2D eigenvalue weighted by atomic mass is 9.43. The number of aliphatic hydroxyl groups is 4. The molecule has 20 atom stereocenters. The molecule has 8 saturated carbocycles. The van der Waals surface area contributed by atoms with Crippen molar-refractivity contribution >= 4 is 35.3 Å². The molecule has 0 bridgehead atoms. The number of urea groups is 2. The fraction of sp³-hybridized carbons (Fsp3) is 0.768. The second-order valence-electron chi connectivity index (χ2n) is 29.5. The van der Waals surface area contributed by atoms with Gasteiger partial charge in [0, 0.05) is 50.4 Å². The molecule has 0 heterocycles. The van der Waals surface area contributed by atoms with Crippen molar-refractivity contribution in [2.45, 2.75) is 214 Å². The molecule has 0 spiro atoms. The number of hydrogen-bond acceptors (Lipinski definition) is 8. The Morgan fingerprint density at radius 2 is 0.867 bits per heavy atom. The van der Waals surface area contributed by atoms with E-state index >= 15 is 0 Å². The largest absolute Gasteiger partial charge is 0.393 e. The summed E-state index contributed by atoms with van der Waals surface area (Å²) in [5, 5.41) is 62.5. The van der Waals surface area contributed by atoms with Crippen molar-refractivity contribution in [3.8, 4) is 0 Å². The smallest absolute Gasteiger partial charge is 0.319 e. The molecule has 2 aromatic carbocycles. The number of fused-ring (bicyclic) bond motifs is 10. The maximum atomic E-state index is 13.0. The number of aliphatic hydroxyl groups excluding tert-OH is 4. The molecule has 8 fully saturated rings. The fourth-order valence-electron chi connectivity index (χ4n) is 20.7. The Hall–Kier alpha value is -4.24. The van der Waals surface area contributed by atoms with Crippen molar-refractivity contribution in [2.24, 2.45) is 92.7 Å². The van der Waals surface area contributed by atoms with Crippen LogP contribution in [0.3, 0.4) is 0 Å². The van der Waals surface area contributed by atoms with E-state index in [1.54, 1.807) is 0 Å². The summed E-state index contributed by atoms with van der Waals surface area (Å²) in [4.78, 5) is 51.4. The Bertz CT molecular complexity index is 2380. The summed E-state index contributed by atoms with van der Waals surface area (Å²) in [5.74, 6) is 6.16. The van der Waals surface area contributed by atoms with Crippen LogP contribution in [0.5, 0.6) is 0 Å². The lowest BCUT2D eigenvalue weighted by Crippen LogP contribution is -2.58. The zero-order valence-corrected chi connectivity index (χ0v) is 51.4. The quantitative estimate of drug-likeness (QED) is 0.0573. The zero-order chi connectivity index (χ0) is 58.8. The molecule has 8 aliphatic carbocycles. The van der Waals surface area contributed by atoms with E-state index in [-0.39, 0.29) is 70.0 Å². The number of anilines is 2. The molecule has 6 amide bonds. The normalized spacial score (nSPS) is 38.5.